The summed E-state index contributed by atoms with van der Waals surface area (Å²) in [6.45, 7) is 7.03. The molecule has 2 heterocycles. The number of likely N-dealkylation sites (N-methyl/N-ethyl adjacent to an activating group) is 1. The van der Waals surface area contributed by atoms with E-state index in [1.54, 1.807) is 12.0 Å². The molecule has 0 saturated carbocycles. The van der Waals surface area contributed by atoms with Gasteiger partial charge in [-0.1, -0.05) is 12.1 Å². The zero-order valence-electron chi connectivity index (χ0n) is 16.2. The molecule has 1 fully saturated rings. The van der Waals surface area contributed by atoms with Gasteiger partial charge in [-0.25, -0.2) is 4.79 Å². The van der Waals surface area contributed by atoms with E-state index in [9.17, 15) is 4.79 Å². The van der Waals surface area contributed by atoms with E-state index in [1.807, 2.05) is 52.2 Å². The van der Waals surface area contributed by atoms with E-state index in [2.05, 4.69) is 16.0 Å². The molecule has 1 aromatic heterocycles. The Kier molecular flexibility index (Phi) is 4.94. The van der Waals surface area contributed by atoms with Crippen LogP contribution in [0.15, 0.2) is 30.5 Å². The van der Waals surface area contributed by atoms with Crippen molar-refractivity contribution in [2.45, 2.75) is 38.8 Å². The molecule has 1 aliphatic rings. The van der Waals surface area contributed by atoms with Gasteiger partial charge in [-0.15, -0.1) is 0 Å². The number of benzene rings is 1. The number of amides is 1. The van der Waals surface area contributed by atoms with Crippen LogP contribution in [-0.4, -0.2) is 54.9 Å². The fraction of sp³-hybridized carbons (Fsp3) is 0.500. The number of carbonyl (C=O) groups is 1. The van der Waals surface area contributed by atoms with Crippen LogP contribution < -0.4 is 9.64 Å². The topological polar surface area (TPSA) is 54.9 Å². The van der Waals surface area contributed by atoms with Crippen LogP contribution in [0.25, 0.3) is 10.9 Å². The van der Waals surface area contributed by atoms with Crippen LogP contribution in [0.5, 0.6) is 5.75 Å². The summed E-state index contributed by atoms with van der Waals surface area (Å²) >= 11 is 0. The van der Waals surface area contributed by atoms with Gasteiger partial charge in [0.15, 0.2) is 0 Å². The number of nitrogens with zero attached hydrogens (tertiary/aromatic N) is 3. The van der Waals surface area contributed by atoms with Crippen molar-refractivity contribution in [3.05, 3.63) is 30.5 Å². The van der Waals surface area contributed by atoms with Gasteiger partial charge >= 0.3 is 6.09 Å². The number of hydrogen-bond acceptors (Lipinski definition) is 5. The molecule has 1 amide bonds. The van der Waals surface area contributed by atoms with Gasteiger partial charge in [0.05, 0.1) is 19.0 Å². The molecule has 0 bridgehead atoms. The van der Waals surface area contributed by atoms with Crippen LogP contribution >= 0.6 is 0 Å². The quantitative estimate of drug-likeness (QED) is 0.838. The highest BCUT2D eigenvalue weighted by atomic mass is 16.6. The van der Waals surface area contributed by atoms with E-state index in [4.69, 9.17) is 9.47 Å². The number of aromatic nitrogens is 1. The number of carbonyl (C=O) groups excluding carboxylic acids is 1. The highest BCUT2D eigenvalue weighted by Crippen LogP contribution is 2.28. The first-order chi connectivity index (χ1) is 12.3. The van der Waals surface area contributed by atoms with Gasteiger partial charge in [0, 0.05) is 31.6 Å². The lowest BCUT2D eigenvalue weighted by Gasteiger charge is -2.28. The first kappa shape index (κ1) is 18.3. The number of para-hydroxylation sites is 1. The SMILES string of the molecule is COc1cccc2cc(N(C)C3CCN(C(=O)OC(C)(C)C)C3)cnc12. The summed E-state index contributed by atoms with van der Waals surface area (Å²) in [5.41, 5.74) is 1.42. The molecule has 0 N–H and O–H groups in total. The monoisotopic (exact) mass is 357 g/mol. The molecule has 1 atom stereocenters. The number of fused-ring (bicyclic) bond motifs is 1. The standard InChI is InChI=1S/C20H27N3O3/c1-20(2,3)26-19(24)23-10-9-15(13-23)22(4)16-11-14-7-6-8-17(25-5)18(14)21-12-16/h6-8,11-12,15H,9-10,13H2,1-5H3. The fourth-order valence-corrected chi connectivity index (χ4v) is 3.24. The van der Waals surface area contributed by atoms with Crippen LogP contribution in [0, 0.1) is 0 Å². The Morgan fingerprint density at radius 3 is 2.81 bits per heavy atom. The Balaban J connectivity index is 1.73. The van der Waals surface area contributed by atoms with E-state index in [-0.39, 0.29) is 12.1 Å². The molecule has 2 aromatic rings. The van der Waals surface area contributed by atoms with Crippen LogP contribution in [0.4, 0.5) is 10.5 Å². The molecule has 0 radical (unpaired) electrons. The third kappa shape index (κ3) is 3.84. The summed E-state index contributed by atoms with van der Waals surface area (Å²) in [7, 11) is 3.70. The van der Waals surface area contributed by atoms with Crippen molar-refractivity contribution in [2.75, 3.05) is 32.1 Å². The molecule has 1 aromatic carbocycles. The maximum Gasteiger partial charge on any atom is 0.410 e. The number of ether oxygens (including phenoxy) is 2. The molecule has 0 spiro atoms. The molecule has 140 valence electrons. The van der Waals surface area contributed by atoms with E-state index >= 15 is 0 Å². The minimum atomic E-state index is -0.470. The van der Waals surface area contributed by atoms with E-state index in [0.29, 0.717) is 13.1 Å². The van der Waals surface area contributed by atoms with Crippen LogP contribution in [0.1, 0.15) is 27.2 Å². The second-order valence-electron chi connectivity index (χ2n) is 7.71. The minimum absolute atomic E-state index is 0.241. The molecular formula is C20H27N3O3. The van der Waals surface area contributed by atoms with Gasteiger partial charge in [0.2, 0.25) is 0 Å². The Hall–Kier alpha value is -2.50. The fourth-order valence-electron chi connectivity index (χ4n) is 3.24. The van der Waals surface area contributed by atoms with Crippen molar-refractivity contribution >= 4 is 22.7 Å². The van der Waals surface area contributed by atoms with Gasteiger partial charge in [-0.3, -0.25) is 4.98 Å². The van der Waals surface area contributed by atoms with Gasteiger partial charge in [-0.2, -0.15) is 0 Å². The van der Waals surface area contributed by atoms with Crippen molar-refractivity contribution in [2.24, 2.45) is 0 Å². The molecule has 0 aliphatic carbocycles. The lowest BCUT2D eigenvalue weighted by atomic mass is 10.1. The number of hydrogen-bond donors (Lipinski definition) is 0. The largest absolute Gasteiger partial charge is 0.494 e. The van der Waals surface area contributed by atoms with Gasteiger partial charge in [0.1, 0.15) is 16.9 Å². The van der Waals surface area contributed by atoms with Crippen molar-refractivity contribution in [3.8, 4) is 5.75 Å². The van der Waals surface area contributed by atoms with Gasteiger partial charge in [0.25, 0.3) is 0 Å². The highest BCUT2D eigenvalue weighted by molar-refractivity contribution is 5.86. The average molecular weight is 357 g/mol. The van der Waals surface area contributed by atoms with Crippen LogP contribution in [0.3, 0.4) is 0 Å². The zero-order chi connectivity index (χ0) is 18.9. The smallest absolute Gasteiger partial charge is 0.410 e. The lowest BCUT2D eigenvalue weighted by molar-refractivity contribution is 0.0292. The summed E-state index contributed by atoms with van der Waals surface area (Å²) in [6.07, 6.45) is 2.53. The first-order valence-electron chi connectivity index (χ1n) is 8.92. The van der Waals surface area contributed by atoms with Crippen molar-refractivity contribution < 1.29 is 14.3 Å². The summed E-state index contributed by atoms with van der Waals surface area (Å²) in [5, 5.41) is 1.04. The zero-order valence-corrected chi connectivity index (χ0v) is 16.2. The Morgan fingerprint density at radius 2 is 2.12 bits per heavy atom. The number of rotatable bonds is 3. The molecule has 3 rings (SSSR count). The third-order valence-electron chi connectivity index (χ3n) is 4.65. The number of pyridine rings is 1. The number of anilines is 1. The van der Waals surface area contributed by atoms with Crippen molar-refractivity contribution in [1.29, 1.82) is 0 Å². The first-order valence-corrected chi connectivity index (χ1v) is 8.92. The van der Waals surface area contributed by atoms with Gasteiger partial charge in [-0.05, 0) is 39.3 Å². The third-order valence-corrected chi connectivity index (χ3v) is 4.65. The summed E-state index contributed by atoms with van der Waals surface area (Å²) in [5.74, 6) is 0.772. The van der Waals surface area contributed by atoms with Crippen LogP contribution in [-0.2, 0) is 4.74 Å². The van der Waals surface area contributed by atoms with Crippen molar-refractivity contribution in [3.63, 3.8) is 0 Å². The predicted molar refractivity (Wildman–Crippen MR) is 103 cm³/mol. The average Bonchev–Trinajstić information content (AvgIpc) is 3.09. The lowest BCUT2D eigenvalue weighted by Crippen LogP contribution is -2.39. The second kappa shape index (κ2) is 7.02. The van der Waals surface area contributed by atoms with E-state index in [1.165, 1.54) is 0 Å². The minimum Gasteiger partial charge on any atom is -0.494 e. The highest BCUT2D eigenvalue weighted by Gasteiger charge is 2.32. The number of methoxy groups -OCH3 is 1. The Labute approximate surface area is 154 Å². The van der Waals surface area contributed by atoms with E-state index in [0.717, 1.165) is 28.8 Å². The molecule has 1 unspecified atom stereocenters. The number of likely N-dealkylation sites (tertiary alicyclic amines) is 1. The molecule has 1 saturated heterocycles. The molecule has 6 heteroatoms. The summed E-state index contributed by atoms with van der Waals surface area (Å²) < 4.78 is 10.9. The molecular weight excluding hydrogens is 330 g/mol. The molecule has 1 aliphatic heterocycles. The van der Waals surface area contributed by atoms with E-state index < -0.39 is 5.60 Å². The normalized spacial score (nSPS) is 17.4. The van der Waals surface area contributed by atoms with Gasteiger partial charge < -0.3 is 19.3 Å². The summed E-state index contributed by atoms with van der Waals surface area (Å²) in [4.78, 5) is 20.8. The summed E-state index contributed by atoms with van der Waals surface area (Å²) in [6, 6.07) is 8.26. The van der Waals surface area contributed by atoms with Crippen LogP contribution in [0.2, 0.25) is 0 Å². The molecule has 6 nitrogen and oxygen atoms in total. The Bertz CT molecular complexity index is 800. The Morgan fingerprint density at radius 1 is 1.35 bits per heavy atom. The maximum absolute atomic E-state index is 12.3. The predicted octanol–water partition coefficient (Wildman–Crippen LogP) is 3.69. The second-order valence-corrected chi connectivity index (χ2v) is 7.71. The molecule has 26 heavy (non-hydrogen) atoms. The van der Waals surface area contributed by atoms with Crippen molar-refractivity contribution in [1.82, 2.24) is 9.88 Å². The maximum atomic E-state index is 12.3.